The summed E-state index contributed by atoms with van der Waals surface area (Å²) >= 11 is 0. The fourth-order valence-electron chi connectivity index (χ4n) is 1.83. The number of benzene rings is 1. The van der Waals surface area contributed by atoms with Crippen molar-refractivity contribution in [2.75, 3.05) is 44.3 Å². The van der Waals surface area contributed by atoms with Crippen LogP contribution >= 0.6 is 0 Å². The van der Waals surface area contributed by atoms with Crippen LogP contribution < -0.4 is 9.62 Å². The molecule has 0 fully saturated rings. The van der Waals surface area contributed by atoms with Gasteiger partial charge >= 0.3 is 0 Å². The average Bonchev–Trinajstić information content (AvgIpc) is 2.35. The fraction of sp³-hybridized carbons (Fsp3) is 0.500. The number of sulfonamides is 1. The maximum Gasteiger partial charge on any atom is 0.240 e. The van der Waals surface area contributed by atoms with E-state index in [4.69, 9.17) is 0 Å². The van der Waals surface area contributed by atoms with E-state index in [9.17, 15) is 13.2 Å². The summed E-state index contributed by atoms with van der Waals surface area (Å²) in [7, 11) is 0.295. The Morgan fingerprint density at radius 1 is 1.24 bits per heavy atom. The number of carbonyl (C=O) groups excluding carboxylic acids is 1. The first-order chi connectivity index (χ1) is 9.71. The zero-order valence-corrected chi connectivity index (χ0v) is 13.8. The molecule has 0 spiro atoms. The zero-order chi connectivity index (χ0) is 16.0. The van der Waals surface area contributed by atoms with Gasteiger partial charge in [0.2, 0.25) is 15.9 Å². The van der Waals surface area contributed by atoms with Crippen LogP contribution in [0.15, 0.2) is 24.3 Å². The van der Waals surface area contributed by atoms with Crippen LogP contribution in [-0.2, 0) is 14.8 Å². The molecule has 0 heterocycles. The van der Waals surface area contributed by atoms with E-state index in [1.54, 1.807) is 12.1 Å². The molecule has 0 aliphatic rings. The lowest BCUT2D eigenvalue weighted by atomic mass is 10.2. The SMILES string of the molecule is Cc1ccccc1N(CC(=O)NCCN(C)C)S(C)(=O)=O. The van der Waals surface area contributed by atoms with E-state index in [0.717, 1.165) is 16.1 Å². The smallest absolute Gasteiger partial charge is 0.240 e. The predicted molar refractivity (Wildman–Crippen MR) is 84.9 cm³/mol. The molecule has 0 bridgehead atoms. The van der Waals surface area contributed by atoms with Crippen LogP contribution in [0.1, 0.15) is 5.56 Å². The van der Waals surface area contributed by atoms with Crippen LogP contribution in [0.4, 0.5) is 5.69 Å². The highest BCUT2D eigenvalue weighted by atomic mass is 32.2. The van der Waals surface area contributed by atoms with Crippen molar-refractivity contribution in [3.8, 4) is 0 Å². The minimum Gasteiger partial charge on any atom is -0.353 e. The van der Waals surface area contributed by atoms with E-state index >= 15 is 0 Å². The maximum absolute atomic E-state index is 11.9. The van der Waals surface area contributed by atoms with Gasteiger partial charge in [0.05, 0.1) is 11.9 Å². The summed E-state index contributed by atoms with van der Waals surface area (Å²) < 4.78 is 25.0. The number of carbonyl (C=O) groups is 1. The highest BCUT2D eigenvalue weighted by molar-refractivity contribution is 7.92. The Hall–Kier alpha value is -1.60. The molecule has 0 aliphatic carbocycles. The van der Waals surface area contributed by atoms with E-state index in [-0.39, 0.29) is 12.5 Å². The van der Waals surface area contributed by atoms with Gasteiger partial charge in [0.1, 0.15) is 6.54 Å². The van der Waals surface area contributed by atoms with Crippen LogP contribution in [0.25, 0.3) is 0 Å². The van der Waals surface area contributed by atoms with E-state index < -0.39 is 10.0 Å². The molecule has 6 nitrogen and oxygen atoms in total. The first kappa shape index (κ1) is 17.5. The normalized spacial score (nSPS) is 11.5. The van der Waals surface area contributed by atoms with Gasteiger partial charge in [-0.2, -0.15) is 0 Å². The Morgan fingerprint density at radius 2 is 1.86 bits per heavy atom. The number of hydrogen-bond donors (Lipinski definition) is 1. The average molecular weight is 313 g/mol. The van der Waals surface area contributed by atoms with Crippen LogP contribution in [0.3, 0.4) is 0 Å². The van der Waals surface area contributed by atoms with Gasteiger partial charge in [0, 0.05) is 13.1 Å². The Kier molecular flexibility index (Phi) is 6.17. The van der Waals surface area contributed by atoms with Crippen molar-refractivity contribution < 1.29 is 13.2 Å². The number of nitrogens with zero attached hydrogens (tertiary/aromatic N) is 2. The van der Waals surface area contributed by atoms with Crippen molar-refractivity contribution in [1.29, 1.82) is 0 Å². The molecule has 1 rings (SSSR count). The molecule has 1 amide bonds. The van der Waals surface area contributed by atoms with E-state index in [0.29, 0.717) is 18.8 Å². The summed E-state index contributed by atoms with van der Waals surface area (Å²) in [6, 6.07) is 7.10. The largest absolute Gasteiger partial charge is 0.353 e. The number of likely N-dealkylation sites (N-methyl/N-ethyl adjacent to an activating group) is 1. The lowest BCUT2D eigenvalue weighted by Crippen LogP contribution is -2.42. The van der Waals surface area contributed by atoms with Crippen molar-refractivity contribution in [3.63, 3.8) is 0 Å². The van der Waals surface area contributed by atoms with Gasteiger partial charge in [-0.3, -0.25) is 9.10 Å². The van der Waals surface area contributed by atoms with E-state index in [1.165, 1.54) is 0 Å². The van der Waals surface area contributed by atoms with E-state index in [1.807, 2.05) is 38.1 Å². The molecule has 0 aromatic heterocycles. The first-order valence-corrected chi connectivity index (χ1v) is 8.51. The molecule has 1 N–H and O–H groups in total. The Bertz CT molecular complexity index is 585. The molecule has 1 aromatic rings. The molecule has 1 aromatic carbocycles. The highest BCUT2D eigenvalue weighted by Crippen LogP contribution is 2.21. The number of para-hydroxylation sites is 1. The predicted octanol–water partition coefficient (Wildman–Crippen LogP) is 0.439. The second-order valence-electron chi connectivity index (χ2n) is 5.21. The van der Waals surface area contributed by atoms with Crippen molar-refractivity contribution in [1.82, 2.24) is 10.2 Å². The molecule has 0 atom stereocenters. The first-order valence-electron chi connectivity index (χ1n) is 6.66. The topological polar surface area (TPSA) is 69.7 Å². The maximum atomic E-state index is 11.9. The van der Waals surface area contributed by atoms with Gasteiger partial charge in [-0.1, -0.05) is 18.2 Å². The molecule has 0 saturated heterocycles. The molecule has 0 saturated carbocycles. The van der Waals surface area contributed by atoms with Gasteiger partial charge in [0.25, 0.3) is 0 Å². The Labute approximate surface area is 126 Å². The summed E-state index contributed by atoms with van der Waals surface area (Å²) in [4.78, 5) is 13.9. The summed E-state index contributed by atoms with van der Waals surface area (Å²) in [6.45, 7) is 2.79. The summed E-state index contributed by atoms with van der Waals surface area (Å²) in [5.41, 5.74) is 1.34. The summed E-state index contributed by atoms with van der Waals surface area (Å²) in [5.74, 6) is -0.314. The molecule has 118 valence electrons. The van der Waals surface area contributed by atoms with Gasteiger partial charge in [0.15, 0.2) is 0 Å². The second kappa shape index (κ2) is 7.42. The molecule has 0 unspecified atom stereocenters. The van der Waals surface area contributed by atoms with Gasteiger partial charge in [-0.25, -0.2) is 8.42 Å². The minimum absolute atomic E-state index is 0.211. The standard InChI is InChI=1S/C14H23N3O3S/c1-12-7-5-6-8-13(12)17(21(4,19)20)11-14(18)15-9-10-16(2)3/h5-8H,9-11H2,1-4H3,(H,15,18). The number of rotatable bonds is 7. The molecule has 21 heavy (non-hydrogen) atoms. The van der Waals surface area contributed by atoms with Crippen molar-refractivity contribution in [2.24, 2.45) is 0 Å². The molecular formula is C14H23N3O3S. The Balaban J connectivity index is 2.82. The number of aryl methyl sites for hydroxylation is 1. The van der Waals surface area contributed by atoms with Crippen molar-refractivity contribution in [2.45, 2.75) is 6.92 Å². The number of anilines is 1. The number of amides is 1. The van der Waals surface area contributed by atoms with Gasteiger partial charge in [-0.15, -0.1) is 0 Å². The second-order valence-corrected chi connectivity index (χ2v) is 7.12. The third kappa shape index (κ3) is 5.73. The van der Waals surface area contributed by atoms with E-state index in [2.05, 4.69) is 5.32 Å². The van der Waals surface area contributed by atoms with Crippen molar-refractivity contribution >= 4 is 21.6 Å². The molecule has 0 radical (unpaired) electrons. The monoisotopic (exact) mass is 313 g/mol. The number of hydrogen-bond acceptors (Lipinski definition) is 4. The Morgan fingerprint density at radius 3 is 2.38 bits per heavy atom. The lowest BCUT2D eigenvalue weighted by Gasteiger charge is -2.23. The van der Waals surface area contributed by atoms with Crippen LogP contribution in [0.2, 0.25) is 0 Å². The summed E-state index contributed by atoms with van der Waals surface area (Å²) in [6.07, 6.45) is 1.10. The van der Waals surface area contributed by atoms with Crippen LogP contribution in [-0.4, -0.2) is 59.2 Å². The number of nitrogens with one attached hydrogen (secondary N) is 1. The fourth-order valence-corrected chi connectivity index (χ4v) is 2.74. The third-order valence-electron chi connectivity index (χ3n) is 2.95. The molecular weight excluding hydrogens is 290 g/mol. The third-order valence-corrected chi connectivity index (χ3v) is 4.08. The van der Waals surface area contributed by atoms with Gasteiger partial charge in [-0.05, 0) is 32.6 Å². The lowest BCUT2D eigenvalue weighted by molar-refractivity contribution is -0.119. The minimum atomic E-state index is -3.51. The molecule has 0 aliphatic heterocycles. The highest BCUT2D eigenvalue weighted by Gasteiger charge is 2.21. The zero-order valence-electron chi connectivity index (χ0n) is 13.0. The molecule has 7 heteroatoms. The van der Waals surface area contributed by atoms with Gasteiger partial charge < -0.3 is 10.2 Å². The summed E-state index contributed by atoms with van der Waals surface area (Å²) in [5, 5.41) is 2.72. The van der Waals surface area contributed by atoms with Crippen LogP contribution in [0.5, 0.6) is 0 Å². The quantitative estimate of drug-likeness (QED) is 0.793. The van der Waals surface area contributed by atoms with Crippen molar-refractivity contribution in [3.05, 3.63) is 29.8 Å². The van der Waals surface area contributed by atoms with Crippen LogP contribution in [0, 0.1) is 6.92 Å².